The van der Waals surface area contributed by atoms with Crippen LogP contribution in [-0.2, 0) is 4.79 Å². The molecular weight excluding hydrogens is 396 g/mol. The normalized spacial score (nSPS) is 11.0. The highest BCUT2D eigenvalue weighted by atomic mass is 32.2. The number of aromatic nitrogens is 3. The zero-order valence-electron chi connectivity index (χ0n) is 14.7. The Kier molecular flexibility index (Phi) is 5.20. The highest BCUT2D eigenvalue weighted by molar-refractivity contribution is 8.01. The van der Waals surface area contributed by atoms with Crippen molar-refractivity contribution >= 4 is 56.2 Å². The standard InChI is InChI=1S/C19H16N4OS3/c1-11-3-8-15-16(9-11)27-18(21-15)13-4-6-14(7-5-13)20-17(24)10-25-19-23-22-12(2)26-19/h3-9H,10H2,1-2H3,(H,20,24). The van der Waals surface area contributed by atoms with Gasteiger partial charge in [-0.3, -0.25) is 4.79 Å². The van der Waals surface area contributed by atoms with E-state index in [-0.39, 0.29) is 5.91 Å². The Balaban J connectivity index is 1.41. The highest BCUT2D eigenvalue weighted by Gasteiger charge is 2.09. The molecule has 0 bridgehead atoms. The number of aryl methyl sites for hydroxylation is 2. The SMILES string of the molecule is Cc1ccc2nc(-c3ccc(NC(=O)CSc4nnc(C)s4)cc3)sc2c1. The Morgan fingerprint density at radius 1 is 1.07 bits per heavy atom. The predicted molar refractivity (Wildman–Crippen MR) is 114 cm³/mol. The fourth-order valence-corrected chi connectivity index (χ4v) is 5.20. The van der Waals surface area contributed by atoms with Crippen molar-refractivity contribution in [1.29, 1.82) is 0 Å². The number of hydrogen-bond acceptors (Lipinski definition) is 7. The third kappa shape index (κ3) is 4.35. The molecule has 2 aromatic carbocycles. The van der Waals surface area contributed by atoms with Gasteiger partial charge in [0.15, 0.2) is 4.34 Å². The van der Waals surface area contributed by atoms with Gasteiger partial charge in [0.2, 0.25) is 5.91 Å². The van der Waals surface area contributed by atoms with Crippen LogP contribution < -0.4 is 5.32 Å². The molecule has 1 amide bonds. The highest BCUT2D eigenvalue weighted by Crippen LogP contribution is 2.31. The van der Waals surface area contributed by atoms with Crippen LogP contribution >= 0.6 is 34.4 Å². The minimum atomic E-state index is -0.0592. The molecule has 8 heteroatoms. The third-order valence-electron chi connectivity index (χ3n) is 3.79. The van der Waals surface area contributed by atoms with E-state index in [2.05, 4.69) is 40.6 Å². The lowest BCUT2D eigenvalue weighted by atomic mass is 10.2. The number of rotatable bonds is 5. The number of amides is 1. The molecule has 2 aromatic heterocycles. The second-order valence-electron chi connectivity index (χ2n) is 5.99. The summed E-state index contributed by atoms with van der Waals surface area (Å²) in [5, 5.41) is 12.8. The van der Waals surface area contributed by atoms with E-state index >= 15 is 0 Å². The minimum Gasteiger partial charge on any atom is -0.325 e. The summed E-state index contributed by atoms with van der Waals surface area (Å²) in [7, 11) is 0. The number of fused-ring (bicyclic) bond motifs is 1. The maximum absolute atomic E-state index is 12.1. The lowest BCUT2D eigenvalue weighted by Gasteiger charge is -2.05. The molecule has 0 saturated heterocycles. The van der Waals surface area contributed by atoms with Crippen LogP contribution in [0.1, 0.15) is 10.6 Å². The largest absolute Gasteiger partial charge is 0.325 e. The molecule has 2 heterocycles. The van der Waals surface area contributed by atoms with Gasteiger partial charge in [-0.2, -0.15) is 0 Å². The van der Waals surface area contributed by atoms with Crippen LogP contribution in [0.25, 0.3) is 20.8 Å². The summed E-state index contributed by atoms with van der Waals surface area (Å²) in [6, 6.07) is 14.1. The molecular formula is C19H16N4OS3. The van der Waals surface area contributed by atoms with Crippen molar-refractivity contribution in [3.8, 4) is 10.6 Å². The molecule has 0 atom stereocenters. The Bertz CT molecular complexity index is 1100. The van der Waals surface area contributed by atoms with E-state index in [1.165, 1.54) is 33.4 Å². The van der Waals surface area contributed by atoms with Crippen molar-refractivity contribution in [2.45, 2.75) is 18.2 Å². The quantitative estimate of drug-likeness (QED) is 0.459. The van der Waals surface area contributed by atoms with E-state index in [1.54, 1.807) is 11.3 Å². The van der Waals surface area contributed by atoms with Crippen molar-refractivity contribution in [3.05, 3.63) is 53.0 Å². The van der Waals surface area contributed by atoms with Crippen LogP contribution in [0.15, 0.2) is 46.8 Å². The Morgan fingerprint density at radius 2 is 1.89 bits per heavy atom. The Labute approximate surface area is 168 Å². The number of hydrogen-bond donors (Lipinski definition) is 1. The summed E-state index contributed by atoms with van der Waals surface area (Å²) in [5.74, 6) is 0.254. The van der Waals surface area contributed by atoms with E-state index < -0.39 is 0 Å². The fourth-order valence-electron chi connectivity index (χ4n) is 2.51. The van der Waals surface area contributed by atoms with Gasteiger partial charge >= 0.3 is 0 Å². The molecule has 1 N–H and O–H groups in total. The first kappa shape index (κ1) is 18.1. The van der Waals surface area contributed by atoms with Crippen molar-refractivity contribution in [1.82, 2.24) is 15.2 Å². The maximum atomic E-state index is 12.1. The molecule has 0 aliphatic rings. The van der Waals surface area contributed by atoms with Gasteiger partial charge < -0.3 is 5.32 Å². The number of carbonyl (C=O) groups is 1. The number of benzene rings is 2. The van der Waals surface area contributed by atoms with Gasteiger partial charge in [0.05, 0.1) is 16.0 Å². The molecule has 0 aliphatic carbocycles. The van der Waals surface area contributed by atoms with Crippen molar-refractivity contribution < 1.29 is 4.79 Å². The monoisotopic (exact) mass is 412 g/mol. The molecule has 0 fully saturated rings. The topological polar surface area (TPSA) is 67.8 Å². The van der Waals surface area contributed by atoms with Gasteiger partial charge in [-0.05, 0) is 55.8 Å². The molecule has 27 heavy (non-hydrogen) atoms. The number of anilines is 1. The second-order valence-corrected chi connectivity index (χ2v) is 9.43. The first-order chi connectivity index (χ1) is 13.1. The first-order valence-corrected chi connectivity index (χ1v) is 10.9. The molecule has 0 unspecified atom stereocenters. The molecule has 0 spiro atoms. The molecule has 136 valence electrons. The van der Waals surface area contributed by atoms with Gasteiger partial charge in [0.25, 0.3) is 0 Å². The fraction of sp³-hybridized carbons (Fsp3) is 0.158. The number of carbonyl (C=O) groups excluding carboxylic acids is 1. The van der Waals surface area contributed by atoms with Crippen LogP contribution in [0.4, 0.5) is 5.69 Å². The number of thiazole rings is 1. The Morgan fingerprint density at radius 3 is 2.63 bits per heavy atom. The van der Waals surface area contributed by atoms with Gasteiger partial charge in [0.1, 0.15) is 10.0 Å². The molecule has 0 radical (unpaired) electrons. The van der Waals surface area contributed by atoms with E-state index in [9.17, 15) is 4.79 Å². The average Bonchev–Trinajstić information content (AvgIpc) is 3.26. The average molecular weight is 413 g/mol. The smallest absolute Gasteiger partial charge is 0.234 e. The molecule has 0 saturated carbocycles. The predicted octanol–water partition coefficient (Wildman–Crippen LogP) is 5.16. The summed E-state index contributed by atoms with van der Waals surface area (Å²) in [6.07, 6.45) is 0. The molecule has 4 aromatic rings. The van der Waals surface area contributed by atoms with Crippen molar-refractivity contribution in [3.63, 3.8) is 0 Å². The van der Waals surface area contributed by atoms with Gasteiger partial charge in [-0.15, -0.1) is 21.5 Å². The number of thioether (sulfide) groups is 1. The zero-order valence-corrected chi connectivity index (χ0v) is 17.2. The van der Waals surface area contributed by atoms with E-state index in [0.717, 1.165) is 31.1 Å². The molecule has 5 nitrogen and oxygen atoms in total. The van der Waals surface area contributed by atoms with Crippen LogP contribution in [0, 0.1) is 13.8 Å². The summed E-state index contributed by atoms with van der Waals surface area (Å²) in [6.45, 7) is 3.98. The number of nitrogens with zero attached hydrogens (tertiary/aromatic N) is 3. The summed E-state index contributed by atoms with van der Waals surface area (Å²) in [5.41, 5.74) is 4.07. The Hall–Kier alpha value is -2.29. The molecule has 0 aliphatic heterocycles. The van der Waals surface area contributed by atoms with Crippen LogP contribution in [-0.4, -0.2) is 26.8 Å². The lowest BCUT2D eigenvalue weighted by Crippen LogP contribution is -2.13. The van der Waals surface area contributed by atoms with E-state index in [1.807, 2.05) is 31.2 Å². The maximum Gasteiger partial charge on any atom is 0.234 e. The zero-order chi connectivity index (χ0) is 18.8. The third-order valence-corrected chi connectivity index (χ3v) is 6.83. The number of nitrogens with one attached hydrogen (secondary N) is 1. The summed E-state index contributed by atoms with van der Waals surface area (Å²) < 4.78 is 2.00. The summed E-state index contributed by atoms with van der Waals surface area (Å²) in [4.78, 5) is 16.8. The van der Waals surface area contributed by atoms with Gasteiger partial charge in [-0.1, -0.05) is 29.2 Å². The van der Waals surface area contributed by atoms with Crippen molar-refractivity contribution in [2.75, 3.05) is 11.1 Å². The van der Waals surface area contributed by atoms with Crippen LogP contribution in [0.5, 0.6) is 0 Å². The lowest BCUT2D eigenvalue weighted by molar-refractivity contribution is -0.113. The van der Waals surface area contributed by atoms with E-state index in [4.69, 9.17) is 4.98 Å². The van der Waals surface area contributed by atoms with Gasteiger partial charge in [-0.25, -0.2) is 4.98 Å². The summed E-state index contributed by atoms with van der Waals surface area (Å²) >= 11 is 4.57. The second kappa shape index (κ2) is 7.75. The van der Waals surface area contributed by atoms with Crippen LogP contribution in [0.2, 0.25) is 0 Å². The van der Waals surface area contributed by atoms with Gasteiger partial charge in [0, 0.05) is 11.3 Å². The molecule has 4 rings (SSSR count). The minimum absolute atomic E-state index is 0.0592. The van der Waals surface area contributed by atoms with Crippen LogP contribution in [0.3, 0.4) is 0 Å². The first-order valence-electron chi connectivity index (χ1n) is 8.27. The van der Waals surface area contributed by atoms with Crippen molar-refractivity contribution in [2.24, 2.45) is 0 Å². The van der Waals surface area contributed by atoms with E-state index in [0.29, 0.717) is 5.75 Å².